The quantitative estimate of drug-likeness (QED) is 0.509. The molecule has 0 spiro atoms. The van der Waals surface area contributed by atoms with E-state index in [0.717, 1.165) is 17.0 Å². The summed E-state index contributed by atoms with van der Waals surface area (Å²) in [5, 5.41) is 32.2. The number of benzene rings is 2. The maximum atomic E-state index is 12.0. The Morgan fingerprint density at radius 3 is 2.57 bits per heavy atom. The summed E-state index contributed by atoms with van der Waals surface area (Å²) < 4.78 is 0. The van der Waals surface area contributed by atoms with Gasteiger partial charge in [0.1, 0.15) is 17.2 Å². The Labute approximate surface area is 132 Å². The molecule has 0 unspecified atom stereocenters. The van der Waals surface area contributed by atoms with Crippen molar-refractivity contribution in [2.24, 2.45) is 0 Å². The zero-order valence-electron chi connectivity index (χ0n) is 12.2. The first-order valence-corrected chi connectivity index (χ1v) is 7.14. The molecule has 23 heavy (non-hydrogen) atoms. The molecule has 1 aromatic heterocycles. The van der Waals surface area contributed by atoms with Crippen LogP contribution in [0.1, 0.15) is 15.9 Å². The minimum atomic E-state index is -0.376. The first kappa shape index (κ1) is 14.8. The summed E-state index contributed by atoms with van der Waals surface area (Å²) >= 11 is 0. The van der Waals surface area contributed by atoms with Gasteiger partial charge in [0.15, 0.2) is 0 Å². The molecule has 3 rings (SSSR count). The number of fused-ring (bicyclic) bond motifs is 1. The average molecular weight is 312 g/mol. The molecule has 6 heteroatoms. The van der Waals surface area contributed by atoms with Gasteiger partial charge in [-0.1, -0.05) is 12.1 Å². The molecule has 0 radical (unpaired) electrons. The third-order valence-corrected chi connectivity index (χ3v) is 3.62. The van der Waals surface area contributed by atoms with Gasteiger partial charge < -0.3 is 25.6 Å². The summed E-state index contributed by atoms with van der Waals surface area (Å²) in [6, 6.07) is 9.02. The molecule has 1 amide bonds. The number of hydrogen-bond donors (Lipinski definition) is 5. The van der Waals surface area contributed by atoms with Crippen molar-refractivity contribution < 1.29 is 20.1 Å². The molecule has 5 N–H and O–H groups in total. The standard InChI is InChI=1S/C17H16N2O4/c20-12-6-11(7-13(21)8-12)17(23)18-5-4-10-9-19-16-14(10)2-1-3-15(16)22/h1-3,6-9,19-22H,4-5H2,(H,18,23). The molecule has 0 aliphatic rings. The number of aromatic hydroxyl groups is 3. The molecule has 0 aliphatic heterocycles. The van der Waals surface area contributed by atoms with Crippen LogP contribution in [-0.2, 0) is 6.42 Å². The van der Waals surface area contributed by atoms with Gasteiger partial charge >= 0.3 is 0 Å². The summed E-state index contributed by atoms with van der Waals surface area (Å²) in [4.78, 5) is 15.0. The molecular weight excluding hydrogens is 296 g/mol. The van der Waals surface area contributed by atoms with Gasteiger partial charge in [-0.05, 0) is 30.2 Å². The highest BCUT2D eigenvalue weighted by Gasteiger charge is 2.10. The minimum Gasteiger partial charge on any atom is -0.508 e. The van der Waals surface area contributed by atoms with Crippen LogP contribution < -0.4 is 5.32 Å². The van der Waals surface area contributed by atoms with E-state index in [4.69, 9.17) is 0 Å². The Hall–Kier alpha value is -3.15. The van der Waals surface area contributed by atoms with Gasteiger partial charge in [0.05, 0.1) is 5.52 Å². The van der Waals surface area contributed by atoms with Gasteiger partial charge in [0.25, 0.3) is 5.91 Å². The molecule has 3 aromatic rings. The molecule has 0 fully saturated rings. The molecule has 0 bridgehead atoms. The third kappa shape index (κ3) is 3.06. The number of hydrogen-bond acceptors (Lipinski definition) is 4. The zero-order valence-corrected chi connectivity index (χ0v) is 12.2. The topological polar surface area (TPSA) is 106 Å². The molecule has 6 nitrogen and oxygen atoms in total. The Bertz CT molecular complexity index is 850. The maximum absolute atomic E-state index is 12.0. The number of amides is 1. The predicted molar refractivity (Wildman–Crippen MR) is 85.8 cm³/mol. The fourth-order valence-corrected chi connectivity index (χ4v) is 2.54. The molecule has 0 atom stereocenters. The Kier molecular flexibility index (Phi) is 3.80. The second kappa shape index (κ2) is 5.92. The lowest BCUT2D eigenvalue weighted by atomic mass is 10.1. The molecular formula is C17H16N2O4. The van der Waals surface area contributed by atoms with E-state index in [9.17, 15) is 20.1 Å². The SMILES string of the molecule is O=C(NCCc1c[nH]c2c(O)cccc12)c1cc(O)cc(O)c1. The van der Waals surface area contributed by atoms with Crippen LogP contribution in [0.4, 0.5) is 0 Å². The van der Waals surface area contributed by atoms with Crippen LogP contribution in [0.2, 0.25) is 0 Å². The molecule has 118 valence electrons. The van der Waals surface area contributed by atoms with Gasteiger partial charge in [-0.2, -0.15) is 0 Å². The molecule has 2 aromatic carbocycles. The number of aromatic amines is 1. The number of H-pyrrole nitrogens is 1. The fourth-order valence-electron chi connectivity index (χ4n) is 2.54. The number of phenols is 3. The van der Waals surface area contributed by atoms with Crippen molar-refractivity contribution in [3.05, 3.63) is 53.7 Å². The Balaban J connectivity index is 1.66. The van der Waals surface area contributed by atoms with Gasteiger partial charge in [-0.3, -0.25) is 4.79 Å². The molecule has 0 saturated heterocycles. The van der Waals surface area contributed by atoms with Gasteiger partial charge in [-0.15, -0.1) is 0 Å². The van der Waals surface area contributed by atoms with Crippen molar-refractivity contribution in [1.29, 1.82) is 0 Å². The summed E-state index contributed by atoms with van der Waals surface area (Å²) in [6.45, 7) is 0.387. The van der Waals surface area contributed by atoms with Crippen molar-refractivity contribution in [3.8, 4) is 17.2 Å². The lowest BCUT2D eigenvalue weighted by Crippen LogP contribution is -2.25. The average Bonchev–Trinajstić information content (AvgIpc) is 2.91. The number of aromatic nitrogens is 1. The number of para-hydroxylation sites is 1. The van der Waals surface area contributed by atoms with Crippen LogP contribution >= 0.6 is 0 Å². The number of phenolic OH excluding ortho intramolecular Hbond substituents is 3. The van der Waals surface area contributed by atoms with E-state index in [0.29, 0.717) is 18.5 Å². The van der Waals surface area contributed by atoms with Crippen LogP contribution in [0.5, 0.6) is 17.2 Å². The summed E-state index contributed by atoms with van der Waals surface area (Å²) in [5.74, 6) is -0.517. The molecule has 1 heterocycles. The van der Waals surface area contributed by atoms with E-state index in [1.165, 1.54) is 12.1 Å². The first-order valence-electron chi connectivity index (χ1n) is 7.14. The lowest BCUT2D eigenvalue weighted by molar-refractivity contribution is 0.0953. The van der Waals surface area contributed by atoms with Crippen LogP contribution in [0.15, 0.2) is 42.6 Å². The second-order valence-corrected chi connectivity index (χ2v) is 5.26. The molecule has 0 aliphatic carbocycles. The van der Waals surface area contributed by atoms with Crippen molar-refractivity contribution in [3.63, 3.8) is 0 Å². The predicted octanol–water partition coefficient (Wildman–Crippen LogP) is 2.26. The highest BCUT2D eigenvalue weighted by atomic mass is 16.3. The summed E-state index contributed by atoms with van der Waals surface area (Å²) in [6.07, 6.45) is 2.39. The van der Waals surface area contributed by atoms with Crippen molar-refractivity contribution in [1.82, 2.24) is 10.3 Å². The summed E-state index contributed by atoms with van der Waals surface area (Å²) in [7, 11) is 0. The van der Waals surface area contributed by atoms with E-state index >= 15 is 0 Å². The van der Waals surface area contributed by atoms with Crippen molar-refractivity contribution >= 4 is 16.8 Å². The second-order valence-electron chi connectivity index (χ2n) is 5.26. The normalized spacial score (nSPS) is 10.8. The number of nitrogens with one attached hydrogen (secondary N) is 2. The van der Waals surface area contributed by atoms with Gasteiger partial charge in [0, 0.05) is 29.8 Å². The number of rotatable bonds is 4. The van der Waals surface area contributed by atoms with Crippen molar-refractivity contribution in [2.75, 3.05) is 6.54 Å². The highest BCUT2D eigenvalue weighted by molar-refractivity contribution is 5.95. The number of carbonyl (C=O) groups is 1. The van der Waals surface area contributed by atoms with E-state index < -0.39 is 0 Å². The maximum Gasteiger partial charge on any atom is 0.251 e. The smallest absolute Gasteiger partial charge is 0.251 e. The van der Waals surface area contributed by atoms with E-state index in [1.807, 2.05) is 6.07 Å². The van der Waals surface area contributed by atoms with Crippen LogP contribution in [0, 0.1) is 0 Å². The van der Waals surface area contributed by atoms with Crippen LogP contribution in [-0.4, -0.2) is 32.8 Å². The van der Waals surface area contributed by atoms with E-state index in [2.05, 4.69) is 10.3 Å². The Morgan fingerprint density at radius 1 is 1.09 bits per heavy atom. The van der Waals surface area contributed by atoms with Crippen molar-refractivity contribution in [2.45, 2.75) is 6.42 Å². The van der Waals surface area contributed by atoms with Gasteiger partial charge in [-0.25, -0.2) is 0 Å². The zero-order chi connectivity index (χ0) is 16.4. The van der Waals surface area contributed by atoms with E-state index in [-0.39, 0.29) is 28.7 Å². The van der Waals surface area contributed by atoms with Gasteiger partial charge in [0.2, 0.25) is 0 Å². The number of carbonyl (C=O) groups excluding carboxylic acids is 1. The van der Waals surface area contributed by atoms with Crippen LogP contribution in [0.25, 0.3) is 10.9 Å². The highest BCUT2D eigenvalue weighted by Crippen LogP contribution is 2.26. The first-order chi connectivity index (χ1) is 11.0. The molecule has 0 saturated carbocycles. The monoisotopic (exact) mass is 312 g/mol. The Morgan fingerprint density at radius 2 is 1.83 bits per heavy atom. The fraction of sp³-hybridized carbons (Fsp3) is 0.118. The third-order valence-electron chi connectivity index (χ3n) is 3.62. The minimum absolute atomic E-state index is 0.165. The van der Waals surface area contributed by atoms with Crippen LogP contribution in [0.3, 0.4) is 0 Å². The lowest BCUT2D eigenvalue weighted by Gasteiger charge is -2.06. The largest absolute Gasteiger partial charge is 0.508 e. The van der Waals surface area contributed by atoms with E-state index in [1.54, 1.807) is 18.3 Å². The summed E-state index contributed by atoms with van der Waals surface area (Å²) in [5.41, 5.74) is 1.85.